The van der Waals surface area contributed by atoms with E-state index in [4.69, 9.17) is 25.9 Å². The molecule has 0 aliphatic heterocycles. The molecule has 0 aliphatic rings. The van der Waals surface area contributed by atoms with E-state index in [1.165, 1.54) is 0 Å². The minimum atomic E-state index is 0.190. The van der Waals surface area contributed by atoms with E-state index in [0.29, 0.717) is 23.6 Å². The number of nitrogens with two attached hydrogens (primary N) is 2. The highest BCUT2D eigenvalue weighted by molar-refractivity contribution is 5.93. The standard InChI is InChI=1S/C18H18N6O2/c1-25-12-4-6-15(26-2)10(7-12)8-16-21-14-9-11(19)3-5-13(14)17-22-18(20)23-24(16)17/h3-7,9H,8,19H2,1-2H3,(H2,20,23). The SMILES string of the molecule is COc1ccc(OC)c(Cc2nc3cc(N)ccc3c3nc(N)nn23)c1. The molecule has 0 saturated heterocycles. The van der Waals surface area contributed by atoms with Crippen LogP contribution in [0.4, 0.5) is 11.6 Å². The Bertz CT molecular complexity index is 1120. The molecule has 8 heteroatoms. The van der Waals surface area contributed by atoms with Gasteiger partial charge in [-0.3, -0.25) is 0 Å². The summed E-state index contributed by atoms with van der Waals surface area (Å²) in [5.41, 5.74) is 14.7. The first-order valence-corrected chi connectivity index (χ1v) is 8.00. The first kappa shape index (κ1) is 15.9. The van der Waals surface area contributed by atoms with Crippen molar-refractivity contribution in [3.05, 3.63) is 47.8 Å². The summed E-state index contributed by atoms with van der Waals surface area (Å²) in [5.74, 6) is 2.34. The molecule has 0 amide bonds. The molecule has 4 N–H and O–H groups in total. The average Bonchev–Trinajstić information content (AvgIpc) is 3.03. The fourth-order valence-electron chi connectivity index (χ4n) is 3.00. The Morgan fingerprint density at radius 2 is 1.85 bits per heavy atom. The average molecular weight is 350 g/mol. The maximum atomic E-state index is 5.92. The molecule has 8 nitrogen and oxygen atoms in total. The molecule has 132 valence electrons. The Labute approximate surface area is 149 Å². The molecule has 0 saturated carbocycles. The van der Waals surface area contributed by atoms with Crippen LogP contribution in [0, 0.1) is 0 Å². The van der Waals surface area contributed by atoms with Gasteiger partial charge in [0.15, 0.2) is 5.65 Å². The second-order valence-corrected chi connectivity index (χ2v) is 5.86. The van der Waals surface area contributed by atoms with Crippen molar-refractivity contribution in [1.29, 1.82) is 0 Å². The van der Waals surface area contributed by atoms with Crippen LogP contribution in [0.2, 0.25) is 0 Å². The van der Waals surface area contributed by atoms with Crippen molar-refractivity contribution in [2.24, 2.45) is 0 Å². The summed E-state index contributed by atoms with van der Waals surface area (Å²) in [6.45, 7) is 0. The number of aromatic nitrogens is 4. The highest BCUT2D eigenvalue weighted by Crippen LogP contribution is 2.28. The first-order valence-electron chi connectivity index (χ1n) is 8.00. The van der Waals surface area contributed by atoms with Gasteiger partial charge in [0.05, 0.1) is 19.7 Å². The van der Waals surface area contributed by atoms with E-state index in [0.717, 1.165) is 28.0 Å². The molecule has 0 bridgehead atoms. The van der Waals surface area contributed by atoms with Gasteiger partial charge in [-0.05, 0) is 36.4 Å². The van der Waals surface area contributed by atoms with Crippen LogP contribution < -0.4 is 20.9 Å². The number of benzene rings is 2. The lowest BCUT2D eigenvalue weighted by atomic mass is 10.1. The Morgan fingerprint density at radius 1 is 1.00 bits per heavy atom. The smallest absolute Gasteiger partial charge is 0.240 e. The Kier molecular flexibility index (Phi) is 3.72. The van der Waals surface area contributed by atoms with Crippen molar-refractivity contribution >= 4 is 28.2 Å². The van der Waals surface area contributed by atoms with E-state index in [1.807, 2.05) is 30.3 Å². The molecule has 2 aromatic carbocycles. The highest BCUT2D eigenvalue weighted by atomic mass is 16.5. The molecule has 0 spiro atoms. The van der Waals surface area contributed by atoms with Crippen LogP contribution in [0.25, 0.3) is 16.6 Å². The molecular formula is C18H18N6O2. The van der Waals surface area contributed by atoms with E-state index >= 15 is 0 Å². The summed E-state index contributed by atoms with van der Waals surface area (Å²) < 4.78 is 12.4. The predicted octanol–water partition coefficient (Wildman–Crippen LogP) is 2.05. The van der Waals surface area contributed by atoms with Crippen molar-refractivity contribution in [1.82, 2.24) is 19.6 Å². The number of rotatable bonds is 4. The monoisotopic (exact) mass is 350 g/mol. The molecule has 2 aromatic heterocycles. The number of methoxy groups -OCH3 is 2. The zero-order valence-corrected chi connectivity index (χ0v) is 14.4. The molecule has 0 fully saturated rings. The van der Waals surface area contributed by atoms with Crippen LogP contribution in [0.1, 0.15) is 11.4 Å². The van der Waals surface area contributed by atoms with E-state index in [9.17, 15) is 0 Å². The zero-order chi connectivity index (χ0) is 18.3. The van der Waals surface area contributed by atoms with Gasteiger partial charge in [-0.2, -0.15) is 9.50 Å². The lowest BCUT2D eigenvalue weighted by Gasteiger charge is -2.11. The zero-order valence-electron chi connectivity index (χ0n) is 14.4. The lowest BCUT2D eigenvalue weighted by molar-refractivity contribution is 0.399. The van der Waals surface area contributed by atoms with Gasteiger partial charge in [0.2, 0.25) is 5.95 Å². The Morgan fingerprint density at radius 3 is 2.62 bits per heavy atom. The van der Waals surface area contributed by atoms with Gasteiger partial charge >= 0.3 is 0 Å². The summed E-state index contributed by atoms with van der Waals surface area (Å²) in [7, 11) is 3.25. The quantitative estimate of drug-likeness (QED) is 0.541. The van der Waals surface area contributed by atoms with E-state index < -0.39 is 0 Å². The second-order valence-electron chi connectivity index (χ2n) is 5.86. The molecule has 0 radical (unpaired) electrons. The minimum absolute atomic E-state index is 0.190. The van der Waals surface area contributed by atoms with Gasteiger partial charge in [-0.1, -0.05) is 0 Å². The largest absolute Gasteiger partial charge is 0.497 e. The molecule has 4 aromatic rings. The summed E-state index contributed by atoms with van der Waals surface area (Å²) in [5, 5.41) is 5.14. The maximum Gasteiger partial charge on any atom is 0.240 e. The number of ether oxygens (including phenoxy) is 2. The third kappa shape index (κ3) is 2.61. The van der Waals surface area contributed by atoms with Gasteiger partial charge in [-0.25, -0.2) is 4.98 Å². The summed E-state index contributed by atoms with van der Waals surface area (Å²) in [6.07, 6.45) is 0.463. The van der Waals surface area contributed by atoms with Gasteiger partial charge in [0.1, 0.15) is 17.3 Å². The van der Waals surface area contributed by atoms with Gasteiger partial charge in [-0.15, -0.1) is 5.10 Å². The summed E-state index contributed by atoms with van der Waals surface area (Å²) in [4.78, 5) is 9.07. The van der Waals surface area contributed by atoms with Crippen molar-refractivity contribution in [2.75, 3.05) is 25.7 Å². The van der Waals surface area contributed by atoms with Gasteiger partial charge in [0, 0.05) is 23.1 Å². The number of nitrogen functional groups attached to an aromatic ring is 2. The fourth-order valence-corrected chi connectivity index (χ4v) is 3.00. The van der Waals surface area contributed by atoms with Gasteiger partial charge in [0.25, 0.3) is 0 Å². The molecule has 0 aliphatic carbocycles. The third-order valence-corrected chi connectivity index (χ3v) is 4.22. The van der Waals surface area contributed by atoms with Crippen LogP contribution in [-0.2, 0) is 6.42 Å². The van der Waals surface area contributed by atoms with E-state index in [2.05, 4.69) is 10.1 Å². The van der Waals surface area contributed by atoms with Gasteiger partial charge < -0.3 is 20.9 Å². The number of nitrogens with zero attached hydrogens (tertiary/aromatic N) is 4. The number of hydrogen-bond donors (Lipinski definition) is 2. The highest BCUT2D eigenvalue weighted by Gasteiger charge is 2.15. The molecule has 26 heavy (non-hydrogen) atoms. The summed E-state index contributed by atoms with van der Waals surface area (Å²) in [6, 6.07) is 11.1. The number of anilines is 2. The fraction of sp³-hybridized carbons (Fsp3) is 0.167. The second kappa shape index (κ2) is 6.07. The predicted molar refractivity (Wildman–Crippen MR) is 99.5 cm³/mol. The summed E-state index contributed by atoms with van der Waals surface area (Å²) >= 11 is 0. The Hall–Kier alpha value is -3.55. The van der Waals surface area contributed by atoms with Crippen LogP contribution >= 0.6 is 0 Å². The number of fused-ring (bicyclic) bond motifs is 3. The lowest BCUT2D eigenvalue weighted by Crippen LogP contribution is -2.06. The molecule has 0 atom stereocenters. The topological polar surface area (TPSA) is 114 Å². The molecule has 2 heterocycles. The number of hydrogen-bond acceptors (Lipinski definition) is 7. The molecular weight excluding hydrogens is 332 g/mol. The van der Waals surface area contributed by atoms with Crippen molar-refractivity contribution in [3.63, 3.8) is 0 Å². The Balaban J connectivity index is 1.93. The van der Waals surface area contributed by atoms with Crippen LogP contribution in [0.3, 0.4) is 0 Å². The molecule has 4 rings (SSSR count). The van der Waals surface area contributed by atoms with Crippen LogP contribution in [0.5, 0.6) is 11.5 Å². The van der Waals surface area contributed by atoms with Crippen molar-refractivity contribution < 1.29 is 9.47 Å². The van der Waals surface area contributed by atoms with Crippen molar-refractivity contribution in [3.8, 4) is 11.5 Å². The van der Waals surface area contributed by atoms with Crippen LogP contribution in [0.15, 0.2) is 36.4 Å². The van der Waals surface area contributed by atoms with E-state index in [-0.39, 0.29) is 5.95 Å². The minimum Gasteiger partial charge on any atom is -0.497 e. The third-order valence-electron chi connectivity index (χ3n) is 4.22. The van der Waals surface area contributed by atoms with Crippen LogP contribution in [-0.4, -0.2) is 33.8 Å². The first-order chi connectivity index (χ1) is 12.6. The normalized spacial score (nSPS) is 11.2. The van der Waals surface area contributed by atoms with E-state index in [1.54, 1.807) is 24.8 Å². The molecule has 0 unspecified atom stereocenters. The maximum absolute atomic E-state index is 5.92. The van der Waals surface area contributed by atoms with Crippen molar-refractivity contribution in [2.45, 2.75) is 6.42 Å².